The predicted molar refractivity (Wildman–Crippen MR) is 65.4 cm³/mol. The van der Waals surface area contributed by atoms with Crippen molar-refractivity contribution in [1.29, 1.82) is 0 Å². The number of carbonyl (C=O) groups is 1. The molecule has 1 aromatic carbocycles. The average Bonchev–Trinajstić information content (AvgIpc) is 2.29. The highest BCUT2D eigenvalue weighted by Crippen LogP contribution is 2.30. The van der Waals surface area contributed by atoms with Crippen LogP contribution in [0.5, 0.6) is 0 Å². The van der Waals surface area contributed by atoms with Gasteiger partial charge in [-0.1, -0.05) is 30.4 Å². The van der Waals surface area contributed by atoms with Crippen molar-refractivity contribution in [3.8, 4) is 0 Å². The zero-order valence-electron chi connectivity index (χ0n) is 9.43. The van der Waals surface area contributed by atoms with Gasteiger partial charge in [-0.2, -0.15) is 0 Å². The first-order valence-corrected chi connectivity index (χ1v) is 7.05. The molecule has 1 saturated carbocycles. The number of carbonyl (C=O) groups excluding carboxylic acids is 1. The Labute approximate surface area is 101 Å². The molecule has 1 aromatic rings. The van der Waals surface area contributed by atoms with Crippen LogP contribution in [0.4, 0.5) is 0 Å². The normalized spacial score (nSPS) is 21.5. The van der Waals surface area contributed by atoms with E-state index in [9.17, 15) is 13.2 Å². The maximum absolute atomic E-state index is 12.3. The number of Topliss-reactive ketones (excluding diaryl/α,β-unsaturated/α-hetero) is 1. The summed E-state index contributed by atoms with van der Waals surface area (Å²) in [4.78, 5) is 11.5. The molecule has 90 valence electrons. The molecule has 0 saturated heterocycles. The summed E-state index contributed by atoms with van der Waals surface area (Å²) in [5.41, 5.74) is 0.519. The summed E-state index contributed by atoms with van der Waals surface area (Å²) in [6.45, 7) is 3.74. The van der Waals surface area contributed by atoms with Gasteiger partial charge in [0.05, 0.1) is 10.1 Å². The van der Waals surface area contributed by atoms with Crippen LogP contribution in [0.25, 0.3) is 0 Å². The Morgan fingerprint density at radius 2 is 1.82 bits per heavy atom. The molecule has 0 N–H and O–H groups in total. The van der Waals surface area contributed by atoms with E-state index in [1.54, 1.807) is 30.3 Å². The van der Waals surface area contributed by atoms with E-state index in [-0.39, 0.29) is 12.2 Å². The Hall–Kier alpha value is -1.42. The fourth-order valence-electron chi connectivity index (χ4n) is 2.10. The lowest BCUT2D eigenvalue weighted by molar-refractivity contribution is -0.119. The van der Waals surface area contributed by atoms with Gasteiger partial charge in [0.1, 0.15) is 5.78 Å². The van der Waals surface area contributed by atoms with Gasteiger partial charge in [0.25, 0.3) is 0 Å². The Morgan fingerprint density at radius 1 is 1.18 bits per heavy atom. The van der Waals surface area contributed by atoms with Crippen LogP contribution in [-0.4, -0.2) is 19.5 Å². The van der Waals surface area contributed by atoms with E-state index < -0.39 is 15.1 Å². The molecular weight excluding hydrogens is 236 g/mol. The lowest BCUT2D eigenvalue weighted by Gasteiger charge is -2.23. The lowest BCUT2D eigenvalue weighted by atomic mass is 9.95. The second-order valence-electron chi connectivity index (χ2n) is 4.26. The van der Waals surface area contributed by atoms with Gasteiger partial charge < -0.3 is 0 Å². The Kier molecular flexibility index (Phi) is 3.15. The summed E-state index contributed by atoms with van der Waals surface area (Å²) >= 11 is 0. The van der Waals surface area contributed by atoms with Crippen LogP contribution < -0.4 is 0 Å². The molecule has 0 aromatic heterocycles. The van der Waals surface area contributed by atoms with Gasteiger partial charge in [0, 0.05) is 12.8 Å². The molecule has 0 heterocycles. The van der Waals surface area contributed by atoms with E-state index in [1.807, 2.05) is 0 Å². The van der Waals surface area contributed by atoms with Crippen LogP contribution in [0.2, 0.25) is 0 Å². The van der Waals surface area contributed by atoms with Crippen molar-refractivity contribution < 1.29 is 13.2 Å². The average molecular weight is 250 g/mol. The van der Waals surface area contributed by atoms with Crippen molar-refractivity contribution in [2.24, 2.45) is 0 Å². The molecule has 1 aliphatic rings. The molecule has 17 heavy (non-hydrogen) atoms. The van der Waals surface area contributed by atoms with Crippen LogP contribution >= 0.6 is 0 Å². The first-order valence-electron chi connectivity index (χ1n) is 5.50. The molecular formula is C13H14O3S. The Bertz CT molecular complexity index is 543. The molecule has 0 bridgehead atoms. The molecule has 1 aliphatic carbocycles. The van der Waals surface area contributed by atoms with Gasteiger partial charge in [-0.3, -0.25) is 4.79 Å². The minimum absolute atomic E-state index is 0.0783. The van der Waals surface area contributed by atoms with E-state index in [2.05, 4.69) is 6.58 Å². The number of hydrogen-bond donors (Lipinski definition) is 0. The number of ketones is 1. The van der Waals surface area contributed by atoms with Crippen LogP contribution in [0.3, 0.4) is 0 Å². The van der Waals surface area contributed by atoms with E-state index in [0.29, 0.717) is 23.3 Å². The quantitative estimate of drug-likeness (QED) is 0.756. The molecule has 0 spiro atoms. The molecule has 1 fully saturated rings. The second kappa shape index (κ2) is 4.45. The van der Waals surface area contributed by atoms with Gasteiger partial charge in [-0.15, -0.1) is 0 Å². The van der Waals surface area contributed by atoms with Crippen LogP contribution in [0, 0.1) is 0 Å². The van der Waals surface area contributed by atoms with Crippen LogP contribution in [-0.2, 0) is 14.6 Å². The van der Waals surface area contributed by atoms with E-state index in [0.717, 1.165) is 0 Å². The molecule has 1 atom stereocenters. The highest BCUT2D eigenvalue weighted by atomic mass is 32.2. The van der Waals surface area contributed by atoms with Crippen molar-refractivity contribution in [3.05, 3.63) is 42.5 Å². The van der Waals surface area contributed by atoms with E-state index >= 15 is 0 Å². The number of benzene rings is 1. The van der Waals surface area contributed by atoms with Gasteiger partial charge in [-0.05, 0) is 18.6 Å². The summed E-state index contributed by atoms with van der Waals surface area (Å²) in [6.07, 6.45) is 0.876. The molecule has 0 radical (unpaired) electrons. The fraction of sp³-hybridized carbons (Fsp3) is 0.308. The Balaban J connectivity index is 2.34. The topological polar surface area (TPSA) is 51.2 Å². The lowest BCUT2D eigenvalue weighted by Crippen LogP contribution is -2.29. The summed E-state index contributed by atoms with van der Waals surface area (Å²) in [5.74, 6) is 0.0783. The number of hydrogen-bond acceptors (Lipinski definition) is 3. The second-order valence-corrected chi connectivity index (χ2v) is 6.39. The third-order valence-electron chi connectivity index (χ3n) is 3.01. The van der Waals surface area contributed by atoms with Gasteiger partial charge >= 0.3 is 0 Å². The molecule has 4 heteroatoms. The highest BCUT2D eigenvalue weighted by molar-refractivity contribution is 7.92. The van der Waals surface area contributed by atoms with E-state index in [4.69, 9.17) is 0 Å². The third-order valence-corrected chi connectivity index (χ3v) is 5.26. The standard InChI is InChI=1S/C13H14O3S/c1-10-9-11(14)7-8-13(10)17(15,16)12-5-3-2-4-6-12/h2-6,13H,1,7-9H2. The molecule has 0 amide bonds. The summed E-state index contributed by atoms with van der Waals surface area (Å²) < 4.78 is 24.7. The van der Waals surface area contributed by atoms with Crippen molar-refractivity contribution in [1.82, 2.24) is 0 Å². The first kappa shape index (κ1) is 12.0. The Morgan fingerprint density at radius 3 is 2.41 bits per heavy atom. The van der Waals surface area contributed by atoms with Crippen molar-refractivity contribution in [3.63, 3.8) is 0 Å². The van der Waals surface area contributed by atoms with Crippen molar-refractivity contribution >= 4 is 15.6 Å². The summed E-state index contributed by atoms with van der Waals surface area (Å²) in [7, 11) is -3.39. The van der Waals surface area contributed by atoms with Gasteiger partial charge in [-0.25, -0.2) is 8.42 Å². The van der Waals surface area contributed by atoms with Crippen molar-refractivity contribution in [2.45, 2.75) is 29.4 Å². The maximum atomic E-state index is 12.3. The maximum Gasteiger partial charge on any atom is 0.185 e. The third kappa shape index (κ3) is 2.31. The zero-order chi connectivity index (χ0) is 12.5. The molecule has 3 nitrogen and oxygen atoms in total. The SMILES string of the molecule is C=C1CC(=O)CCC1S(=O)(=O)c1ccccc1. The predicted octanol–water partition coefficient (Wildman–Crippen LogP) is 2.14. The minimum Gasteiger partial charge on any atom is -0.299 e. The van der Waals surface area contributed by atoms with Gasteiger partial charge in [0.2, 0.25) is 0 Å². The molecule has 1 unspecified atom stereocenters. The molecule has 0 aliphatic heterocycles. The van der Waals surface area contributed by atoms with Crippen molar-refractivity contribution in [2.75, 3.05) is 0 Å². The largest absolute Gasteiger partial charge is 0.299 e. The number of sulfone groups is 1. The van der Waals surface area contributed by atoms with E-state index in [1.165, 1.54) is 0 Å². The fourth-order valence-corrected chi connectivity index (χ4v) is 3.92. The van der Waals surface area contributed by atoms with Gasteiger partial charge in [0.15, 0.2) is 9.84 Å². The summed E-state index contributed by atoms with van der Waals surface area (Å²) in [6, 6.07) is 8.34. The monoisotopic (exact) mass is 250 g/mol. The smallest absolute Gasteiger partial charge is 0.185 e. The first-order chi connectivity index (χ1) is 8.01. The minimum atomic E-state index is -3.39. The van der Waals surface area contributed by atoms with Crippen LogP contribution in [0.15, 0.2) is 47.4 Å². The molecule has 2 rings (SSSR count). The van der Waals surface area contributed by atoms with Crippen LogP contribution in [0.1, 0.15) is 19.3 Å². The summed E-state index contributed by atoms with van der Waals surface area (Å²) in [5, 5.41) is -0.609. The zero-order valence-corrected chi connectivity index (χ0v) is 10.2. The highest BCUT2D eigenvalue weighted by Gasteiger charge is 2.33. The number of rotatable bonds is 2.